The fourth-order valence-electron chi connectivity index (χ4n) is 2.50. The number of halogens is 1. The number of pyridine rings is 1. The minimum Gasteiger partial charge on any atom is -0.356 e. The van der Waals surface area contributed by atoms with Gasteiger partial charge in [0.25, 0.3) is 0 Å². The fraction of sp³-hybridized carbons (Fsp3) is 0.316. The largest absolute Gasteiger partial charge is 0.356 e. The molecular formula is C19H22FN3O2. The molecule has 0 saturated heterocycles. The Hall–Kier alpha value is -2.76. The van der Waals surface area contributed by atoms with Crippen molar-refractivity contribution in [3.8, 4) is 0 Å². The average Bonchev–Trinajstić information content (AvgIpc) is 2.61. The van der Waals surface area contributed by atoms with E-state index in [0.717, 1.165) is 11.1 Å². The molecule has 0 aliphatic heterocycles. The molecule has 1 atom stereocenters. The van der Waals surface area contributed by atoms with Crippen molar-refractivity contribution in [3.63, 3.8) is 0 Å². The quantitative estimate of drug-likeness (QED) is 0.722. The van der Waals surface area contributed by atoms with Gasteiger partial charge < -0.3 is 10.6 Å². The Bertz CT molecular complexity index is 690. The summed E-state index contributed by atoms with van der Waals surface area (Å²) < 4.78 is 13.2. The fourth-order valence-corrected chi connectivity index (χ4v) is 2.50. The van der Waals surface area contributed by atoms with E-state index in [4.69, 9.17) is 0 Å². The van der Waals surface area contributed by atoms with Crippen molar-refractivity contribution in [3.05, 3.63) is 65.7 Å². The van der Waals surface area contributed by atoms with Crippen molar-refractivity contribution in [2.24, 2.45) is 0 Å². The second kappa shape index (κ2) is 9.52. The van der Waals surface area contributed by atoms with E-state index >= 15 is 0 Å². The zero-order valence-electron chi connectivity index (χ0n) is 14.2. The normalized spacial score (nSPS) is 11.6. The van der Waals surface area contributed by atoms with Crippen LogP contribution in [0.15, 0.2) is 48.8 Å². The Morgan fingerprint density at radius 2 is 1.84 bits per heavy atom. The molecule has 1 unspecified atom stereocenters. The molecule has 2 rings (SSSR count). The Morgan fingerprint density at radius 3 is 2.48 bits per heavy atom. The van der Waals surface area contributed by atoms with Crippen molar-refractivity contribution < 1.29 is 14.0 Å². The molecule has 0 radical (unpaired) electrons. The molecule has 0 aliphatic rings. The van der Waals surface area contributed by atoms with Crippen LogP contribution in [0.2, 0.25) is 0 Å². The van der Waals surface area contributed by atoms with Gasteiger partial charge in [0, 0.05) is 32.4 Å². The summed E-state index contributed by atoms with van der Waals surface area (Å²) in [6, 6.07) is 9.71. The van der Waals surface area contributed by atoms with Crippen molar-refractivity contribution in [2.45, 2.75) is 25.7 Å². The lowest BCUT2D eigenvalue weighted by atomic mass is 9.91. The summed E-state index contributed by atoms with van der Waals surface area (Å²) in [6.07, 6.45) is 4.53. The van der Waals surface area contributed by atoms with Gasteiger partial charge in [0.1, 0.15) is 5.82 Å². The molecule has 5 nitrogen and oxygen atoms in total. The maximum absolute atomic E-state index is 13.2. The standard InChI is InChI=1S/C19H22FN3O2/c1-14(24)22-10-3-11-23-19(25)18(12-15-4-2-9-21-13-15)16-5-7-17(20)8-6-16/h2,4-9,13,18H,3,10-12H2,1H3,(H,22,24)(H,23,25). The van der Waals surface area contributed by atoms with Gasteiger partial charge in [-0.15, -0.1) is 0 Å². The minimum atomic E-state index is -0.425. The third-order valence-corrected chi connectivity index (χ3v) is 3.78. The van der Waals surface area contributed by atoms with Crippen LogP contribution >= 0.6 is 0 Å². The van der Waals surface area contributed by atoms with Gasteiger partial charge in [-0.25, -0.2) is 4.39 Å². The Morgan fingerprint density at radius 1 is 1.12 bits per heavy atom. The molecule has 0 fully saturated rings. The van der Waals surface area contributed by atoms with Crippen LogP contribution in [-0.2, 0) is 16.0 Å². The van der Waals surface area contributed by atoms with Gasteiger partial charge in [-0.2, -0.15) is 0 Å². The number of carbonyl (C=O) groups excluding carboxylic acids is 2. The van der Waals surface area contributed by atoms with Gasteiger partial charge >= 0.3 is 0 Å². The summed E-state index contributed by atoms with van der Waals surface area (Å²) in [5.41, 5.74) is 1.69. The van der Waals surface area contributed by atoms with Gasteiger partial charge in [-0.1, -0.05) is 18.2 Å². The first-order valence-electron chi connectivity index (χ1n) is 8.23. The van der Waals surface area contributed by atoms with E-state index in [-0.39, 0.29) is 17.6 Å². The van der Waals surface area contributed by atoms with Crippen LogP contribution < -0.4 is 10.6 Å². The van der Waals surface area contributed by atoms with E-state index < -0.39 is 5.92 Å². The summed E-state index contributed by atoms with van der Waals surface area (Å²) in [7, 11) is 0. The number of nitrogens with one attached hydrogen (secondary N) is 2. The third-order valence-electron chi connectivity index (χ3n) is 3.78. The third kappa shape index (κ3) is 6.33. The van der Waals surface area contributed by atoms with Crippen LogP contribution in [0.4, 0.5) is 4.39 Å². The lowest BCUT2D eigenvalue weighted by molar-refractivity contribution is -0.122. The van der Waals surface area contributed by atoms with E-state index in [2.05, 4.69) is 15.6 Å². The molecule has 1 aromatic carbocycles. The highest BCUT2D eigenvalue weighted by Crippen LogP contribution is 2.21. The zero-order valence-corrected chi connectivity index (χ0v) is 14.2. The predicted molar refractivity (Wildman–Crippen MR) is 93.4 cm³/mol. The lowest BCUT2D eigenvalue weighted by Gasteiger charge is -2.17. The number of nitrogens with zero attached hydrogens (tertiary/aromatic N) is 1. The molecule has 0 saturated carbocycles. The molecule has 0 bridgehead atoms. The molecular weight excluding hydrogens is 321 g/mol. The Kier molecular flexibility index (Phi) is 7.07. The summed E-state index contributed by atoms with van der Waals surface area (Å²) in [6.45, 7) is 2.43. The number of hydrogen-bond donors (Lipinski definition) is 2. The molecule has 2 amide bonds. The summed E-state index contributed by atoms with van der Waals surface area (Å²) in [5.74, 6) is -0.976. The highest BCUT2D eigenvalue weighted by atomic mass is 19.1. The van der Waals surface area contributed by atoms with Gasteiger partial charge in [-0.3, -0.25) is 14.6 Å². The summed E-state index contributed by atoms with van der Waals surface area (Å²) >= 11 is 0. The van der Waals surface area contributed by atoms with E-state index in [1.54, 1.807) is 24.5 Å². The number of aromatic nitrogens is 1. The molecule has 2 aromatic rings. The highest BCUT2D eigenvalue weighted by molar-refractivity contribution is 5.84. The molecule has 6 heteroatoms. The van der Waals surface area contributed by atoms with Gasteiger partial charge in [0.15, 0.2) is 0 Å². The van der Waals surface area contributed by atoms with Crippen LogP contribution in [0.5, 0.6) is 0 Å². The second-order valence-electron chi connectivity index (χ2n) is 5.80. The van der Waals surface area contributed by atoms with Crippen molar-refractivity contribution in [1.29, 1.82) is 0 Å². The first-order chi connectivity index (χ1) is 12.1. The average molecular weight is 343 g/mol. The molecule has 132 valence electrons. The van der Waals surface area contributed by atoms with Crippen LogP contribution in [0.1, 0.15) is 30.4 Å². The first kappa shape index (κ1) is 18.6. The van der Waals surface area contributed by atoms with E-state index in [1.807, 2.05) is 12.1 Å². The highest BCUT2D eigenvalue weighted by Gasteiger charge is 2.21. The van der Waals surface area contributed by atoms with E-state index in [0.29, 0.717) is 25.9 Å². The van der Waals surface area contributed by atoms with Crippen LogP contribution in [0.3, 0.4) is 0 Å². The van der Waals surface area contributed by atoms with Gasteiger partial charge in [-0.05, 0) is 42.2 Å². The topological polar surface area (TPSA) is 71.1 Å². The predicted octanol–water partition coefficient (Wildman–Crippen LogP) is 2.19. The Balaban J connectivity index is 2.01. The summed E-state index contributed by atoms with van der Waals surface area (Å²) in [4.78, 5) is 27.5. The molecule has 1 heterocycles. The monoisotopic (exact) mass is 343 g/mol. The smallest absolute Gasteiger partial charge is 0.227 e. The maximum atomic E-state index is 13.2. The molecule has 25 heavy (non-hydrogen) atoms. The minimum absolute atomic E-state index is 0.0907. The number of amides is 2. The van der Waals surface area contributed by atoms with E-state index in [9.17, 15) is 14.0 Å². The Labute approximate surface area is 146 Å². The second-order valence-corrected chi connectivity index (χ2v) is 5.80. The maximum Gasteiger partial charge on any atom is 0.227 e. The lowest BCUT2D eigenvalue weighted by Crippen LogP contribution is -2.33. The van der Waals surface area contributed by atoms with Crippen molar-refractivity contribution in [1.82, 2.24) is 15.6 Å². The van der Waals surface area contributed by atoms with Crippen LogP contribution in [0, 0.1) is 5.82 Å². The van der Waals surface area contributed by atoms with Crippen LogP contribution in [0.25, 0.3) is 0 Å². The SMILES string of the molecule is CC(=O)NCCCNC(=O)C(Cc1cccnc1)c1ccc(F)cc1. The number of carbonyl (C=O) groups is 2. The summed E-state index contributed by atoms with van der Waals surface area (Å²) in [5, 5.41) is 5.57. The van der Waals surface area contributed by atoms with Gasteiger partial charge in [0.05, 0.1) is 5.92 Å². The number of benzene rings is 1. The number of hydrogen-bond acceptors (Lipinski definition) is 3. The number of rotatable bonds is 8. The van der Waals surface area contributed by atoms with Crippen molar-refractivity contribution in [2.75, 3.05) is 13.1 Å². The van der Waals surface area contributed by atoms with Gasteiger partial charge in [0.2, 0.25) is 11.8 Å². The van der Waals surface area contributed by atoms with Crippen LogP contribution in [-0.4, -0.2) is 29.9 Å². The molecule has 0 aliphatic carbocycles. The zero-order chi connectivity index (χ0) is 18.1. The van der Waals surface area contributed by atoms with Crippen molar-refractivity contribution >= 4 is 11.8 Å². The first-order valence-corrected chi connectivity index (χ1v) is 8.23. The molecule has 1 aromatic heterocycles. The van der Waals surface area contributed by atoms with E-state index in [1.165, 1.54) is 19.1 Å². The molecule has 2 N–H and O–H groups in total. The molecule has 0 spiro atoms.